The van der Waals surface area contributed by atoms with E-state index in [2.05, 4.69) is 12.1 Å². The first-order valence-electron chi connectivity index (χ1n) is 6.55. The van der Waals surface area contributed by atoms with Gasteiger partial charge in [0, 0.05) is 4.90 Å². The number of ether oxygens (including phenoxy) is 1. The van der Waals surface area contributed by atoms with Crippen molar-refractivity contribution < 1.29 is 4.74 Å². The summed E-state index contributed by atoms with van der Waals surface area (Å²) in [6.45, 7) is 0. The van der Waals surface area contributed by atoms with Crippen LogP contribution in [0.5, 0.6) is 11.5 Å². The highest BCUT2D eigenvalue weighted by atomic mass is 32.2. The number of fused-ring (bicyclic) bond motifs is 1. The van der Waals surface area contributed by atoms with E-state index in [1.165, 1.54) is 5.39 Å². The largest absolute Gasteiger partial charge is 0.456 e. The third-order valence-corrected chi connectivity index (χ3v) is 4.05. The summed E-state index contributed by atoms with van der Waals surface area (Å²) in [6, 6.07) is 21.9. The minimum atomic E-state index is 0.582. The maximum absolute atomic E-state index is 9.34. The summed E-state index contributed by atoms with van der Waals surface area (Å²) in [5, 5.41) is 11.6. The number of hydrogen-bond acceptors (Lipinski definition) is 3. The second kappa shape index (κ2) is 5.90. The van der Waals surface area contributed by atoms with E-state index in [4.69, 9.17) is 4.74 Å². The lowest BCUT2D eigenvalue weighted by Gasteiger charge is -2.10. The summed E-state index contributed by atoms with van der Waals surface area (Å²) in [5.74, 6) is 1.34. The van der Waals surface area contributed by atoms with E-state index in [-0.39, 0.29) is 0 Å². The first-order chi connectivity index (χ1) is 10.3. The molecule has 3 rings (SSSR count). The summed E-state index contributed by atoms with van der Waals surface area (Å²) in [4.78, 5) is 0.927. The molecule has 0 aliphatic carbocycles. The summed E-state index contributed by atoms with van der Waals surface area (Å²) >= 11 is 1.54. The van der Waals surface area contributed by atoms with E-state index in [0.29, 0.717) is 11.3 Å². The van der Waals surface area contributed by atoms with Crippen molar-refractivity contribution in [1.29, 1.82) is 5.26 Å². The Morgan fingerprint density at radius 2 is 1.76 bits per heavy atom. The molecule has 3 heteroatoms. The fraction of sp³-hybridized carbons (Fsp3) is 0.0556. The number of rotatable bonds is 3. The molecular formula is C18H13NOS. The number of thioether (sulfide) groups is 1. The monoisotopic (exact) mass is 291 g/mol. The Bertz CT molecular complexity index is 836. The Morgan fingerprint density at radius 3 is 2.52 bits per heavy atom. The Kier molecular flexibility index (Phi) is 3.81. The predicted octanol–water partition coefficient (Wildman–Crippen LogP) is 5.23. The van der Waals surface area contributed by atoms with Crippen LogP contribution >= 0.6 is 11.8 Å². The van der Waals surface area contributed by atoms with Crippen LogP contribution < -0.4 is 4.74 Å². The minimum absolute atomic E-state index is 0.582. The average molecular weight is 291 g/mol. The molecule has 0 aliphatic rings. The van der Waals surface area contributed by atoms with Crippen molar-refractivity contribution in [2.75, 3.05) is 6.26 Å². The SMILES string of the molecule is CSc1cccc(Oc2ccc3ccccc3c2)c1C#N. The smallest absolute Gasteiger partial charge is 0.146 e. The summed E-state index contributed by atoms with van der Waals surface area (Å²) in [6.07, 6.45) is 1.95. The van der Waals surface area contributed by atoms with Crippen molar-refractivity contribution in [3.05, 3.63) is 66.2 Å². The Hall–Kier alpha value is -2.44. The third-order valence-electron chi connectivity index (χ3n) is 3.27. The number of nitriles is 1. The van der Waals surface area contributed by atoms with E-state index >= 15 is 0 Å². The van der Waals surface area contributed by atoms with Crippen molar-refractivity contribution in [1.82, 2.24) is 0 Å². The molecule has 3 aromatic carbocycles. The van der Waals surface area contributed by atoms with Crippen molar-refractivity contribution in [3.8, 4) is 17.6 Å². The molecule has 0 N–H and O–H groups in total. The standard InChI is InChI=1S/C18H13NOS/c1-21-18-8-4-7-17(16(18)12-19)20-15-10-9-13-5-2-3-6-14(13)11-15/h2-11H,1H3. The van der Waals surface area contributed by atoms with Crippen molar-refractivity contribution in [2.24, 2.45) is 0 Å². The molecule has 0 aromatic heterocycles. The molecule has 3 aromatic rings. The average Bonchev–Trinajstić information content (AvgIpc) is 2.54. The van der Waals surface area contributed by atoms with Gasteiger partial charge < -0.3 is 4.74 Å². The molecule has 0 radical (unpaired) electrons. The van der Waals surface area contributed by atoms with Crippen LogP contribution in [-0.4, -0.2) is 6.26 Å². The molecular weight excluding hydrogens is 278 g/mol. The van der Waals surface area contributed by atoms with Gasteiger partial charge in [-0.3, -0.25) is 0 Å². The van der Waals surface area contributed by atoms with Crippen LogP contribution in [0, 0.1) is 11.3 Å². The Labute approximate surface area is 128 Å². The molecule has 21 heavy (non-hydrogen) atoms. The highest BCUT2D eigenvalue weighted by Gasteiger charge is 2.09. The maximum atomic E-state index is 9.34. The fourth-order valence-electron chi connectivity index (χ4n) is 2.23. The second-order valence-electron chi connectivity index (χ2n) is 4.56. The second-order valence-corrected chi connectivity index (χ2v) is 5.40. The van der Waals surface area contributed by atoms with Gasteiger partial charge in [-0.1, -0.05) is 36.4 Å². The van der Waals surface area contributed by atoms with E-state index < -0.39 is 0 Å². The minimum Gasteiger partial charge on any atom is -0.456 e. The highest BCUT2D eigenvalue weighted by Crippen LogP contribution is 2.32. The van der Waals surface area contributed by atoms with Gasteiger partial charge in [0.1, 0.15) is 23.1 Å². The molecule has 0 saturated heterocycles. The van der Waals surface area contributed by atoms with Crippen LogP contribution in [0.15, 0.2) is 65.6 Å². The number of hydrogen-bond donors (Lipinski definition) is 0. The van der Waals surface area contributed by atoms with Crippen LogP contribution in [0.2, 0.25) is 0 Å². The maximum Gasteiger partial charge on any atom is 0.146 e. The molecule has 0 amide bonds. The van der Waals surface area contributed by atoms with Crippen LogP contribution in [0.25, 0.3) is 10.8 Å². The van der Waals surface area contributed by atoms with Gasteiger partial charge in [0.05, 0.1) is 0 Å². The fourth-order valence-corrected chi connectivity index (χ4v) is 2.80. The van der Waals surface area contributed by atoms with Gasteiger partial charge in [-0.05, 0) is 41.3 Å². The van der Waals surface area contributed by atoms with Crippen molar-refractivity contribution >= 4 is 22.5 Å². The highest BCUT2D eigenvalue weighted by molar-refractivity contribution is 7.98. The first kappa shape index (κ1) is 13.5. The molecule has 2 nitrogen and oxygen atoms in total. The Balaban J connectivity index is 2.01. The normalized spacial score (nSPS) is 10.3. The zero-order valence-corrected chi connectivity index (χ0v) is 12.4. The molecule has 0 atom stereocenters. The van der Waals surface area contributed by atoms with Crippen LogP contribution in [0.4, 0.5) is 0 Å². The lowest BCUT2D eigenvalue weighted by atomic mass is 10.1. The van der Waals surface area contributed by atoms with Crippen molar-refractivity contribution in [2.45, 2.75) is 4.90 Å². The van der Waals surface area contributed by atoms with Crippen LogP contribution in [0.3, 0.4) is 0 Å². The molecule has 0 fully saturated rings. The zero-order chi connectivity index (χ0) is 14.7. The van der Waals surface area contributed by atoms with E-state index in [0.717, 1.165) is 16.0 Å². The van der Waals surface area contributed by atoms with Gasteiger partial charge in [-0.2, -0.15) is 5.26 Å². The predicted molar refractivity (Wildman–Crippen MR) is 87.0 cm³/mol. The molecule has 102 valence electrons. The van der Waals surface area contributed by atoms with Gasteiger partial charge in [0.25, 0.3) is 0 Å². The van der Waals surface area contributed by atoms with Gasteiger partial charge in [0.15, 0.2) is 0 Å². The summed E-state index contributed by atoms with van der Waals surface area (Å²) < 4.78 is 5.92. The molecule has 0 aliphatic heterocycles. The van der Waals surface area contributed by atoms with Gasteiger partial charge in [-0.15, -0.1) is 11.8 Å². The van der Waals surface area contributed by atoms with Gasteiger partial charge in [-0.25, -0.2) is 0 Å². The van der Waals surface area contributed by atoms with Crippen LogP contribution in [0.1, 0.15) is 5.56 Å². The zero-order valence-electron chi connectivity index (χ0n) is 11.5. The van der Waals surface area contributed by atoms with E-state index in [1.54, 1.807) is 11.8 Å². The van der Waals surface area contributed by atoms with Gasteiger partial charge >= 0.3 is 0 Å². The molecule has 0 unspecified atom stereocenters. The summed E-state index contributed by atoms with van der Waals surface area (Å²) in [5.41, 5.74) is 0.582. The molecule has 0 spiro atoms. The molecule has 0 saturated carbocycles. The van der Waals surface area contributed by atoms with E-state index in [1.807, 2.05) is 60.9 Å². The lowest BCUT2D eigenvalue weighted by molar-refractivity contribution is 0.480. The van der Waals surface area contributed by atoms with Crippen LogP contribution in [-0.2, 0) is 0 Å². The Morgan fingerprint density at radius 1 is 0.952 bits per heavy atom. The third kappa shape index (κ3) is 2.72. The number of nitrogens with zero attached hydrogens (tertiary/aromatic N) is 1. The van der Waals surface area contributed by atoms with Crippen molar-refractivity contribution in [3.63, 3.8) is 0 Å². The quantitative estimate of drug-likeness (QED) is 0.620. The topological polar surface area (TPSA) is 33.0 Å². The van der Waals surface area contributed by atoms with E-state index in [9.17, 15) is 5.26 Å². The first-order valence-corrected chi connectivity index (χ1v) is 7.78. The number of benzene rings is 3. The van der Waals surface area contributed by atoms with Gasteiger partial charge in [0.2, 0.25) is 0 Å². The summed E-state index contributed by atoms with van der Waals surface area (Å²) in [7, 11) is 0. The lowest BCUT2D eigenvalue weighted by Crippen LogP contribution is -1.90. The molecule has 0 heterocycles. The molecule has 0 bridgehead atoms.